The van der Waals surface area contributed by atoms with Crippen molar-refractivity contribution in [1.82, 2.24) is 4.98 Å². The highest BCUT2D eigenvalue weighted by Gasteiger charge is 2.52. The lowest BCUT2D eigenvalue weighted by Gasteiger charge is -2.32. The van der Waals surface area contributed by atoms with E-state index in [0.29, 0.717) is 5.92 Å². The van der Waals surface area contributed by atoms with Crippen LogP contribution < -0.4 is 5.59 Å². The summed E-state index contributed by atoms with van der Waals surface area (Å²) in [4.78, 5) is 4.86. The molecule has 0 aromatic carbocycles. The Morgan fingerprint density at radius 3 is 2.20 bits per heavy atom. The molecule has 3 rings (SSSR count). The van der Waals surface area contributed by atoms with Crippen LogP contribution in [0.25, 0.3) is 0 Å². The summed E-state index contributed by atoms with van der Waals surface area (Å²) in [7, 11) is -0.347. The minimum Gasteiger partial charge on any atom is -0.398 e. The summed E-state index contributed by atoms with van der Waals surface area (Å²) in [6.45, 7) is 10.4. The third kappa shape index (κ3) is 2.19. The number of nitrogens with zero attached hydrogens (tertiary/aromatic N) is 1. The van der Waals surface area contributed by atoms with Gasteiger partial charge in [-0.2, -0.15) is 0 Å². The molecule has 1 saturated heterocycles. The van der Waals surface area contributed by atoms with Crippen molar-refractivity contribution in [2.45, 2.75) is 71.0 Å². The van der Waals surface area contributed by atoms with Gasteiger partial charge in [-0.1, -0.05) is 12.5 Å². The van der Waals surface area contributed by atoms with Crippen LogP contribution in [-0.2, 0) is 9.31 Å². The predicted molar refractivity (Wildman–Crippen MR) is 81.3 cm³/mol. The topological polar surface area (TPSA) is 31.4 Å². The normalized spacial score (nSPS) is 24.8. The van der Waals surface area contributed by atoms with Crippen molar-refractivity contribution in [1.29, 1.82) is 0 Å². The van der Waals surface area contributed by atoms with Gasteiger partial charge in [0.2, 0.25) is 0 Å². The molecule has 0 N–H and O–H groups in total. The van der Waals surface area contributed by atoms with Gasteiger partial charge in [0.05, 0.1) is 16.8 Å². The maximum atomic E-state index is 6.13. The highest BCUT2D eigenvalue weighted by atomic mass is 16.7. The number of rotatable bonds is 2. The standard InChI is InChI=1S/C16H24BNO2/c1-11-9-10-13(12-7-6-8-12)18-14(11)17-19-15(2,3)16(4,5)20-17/h9-10,12H,6-8H2,1-5H3. The molecule has 108 valence electrons. The zero-order valence-corrected chi connectivity index (χ0v) is 13.2. The van der Waals surface area contributed by atoms with E-state index in [1.54, 1.807) is 0 Å². The molecule has 3 nitrogen and oxygen atoms in total. The van der Waals surface area contributed by atoms with Gasteiger partial charge in [0.15, 0.2) is 0 Å². The largest absolute Gasteiger partial charge is 0.514 e. The average Bonchev–Trinajstić information content (AvgIpc) is 2.48. The first kappa shape index (κ1) is 14.1. The lowest BCUT2D eigenvalue weighted by Crippen LogP contribution is -2.41. The zero-order chi connectivity index (χ0) is 14.5. The van der Waals surface area contributed by atoms with Crippen LogP contribution >= 0.6 is 0 Å². The molecule has 0 atom stereocenters. The molecular formula is C16H24BNO2. The third-order valence-corrected chi connectivity index (χ3v) is 5.16. The van der Waals surface area contributed by atoms with Gasteiger partial charge in [0, 0.05) is 11.6 Å². The van der Waals surface area contributed by atoms with Crippen LogP contribution in [0.5, 0.6) is 0 Å². The van der Waals surface area contributed by atoms with Crippen molar-refractivity contribution in [3.8, 4) is 0 Å². The maximum Gasteiger partial charge on any atom is 0.514 e. The highest BCUT2D eigenvalue weighted by molar-refractivity contribution is 6.61. The van der Waals surface area contributed by atoms with E-state index in [1.165, 1.54) is 25.0 Å². The monoisotopic (exact) mass is 273 g/mol. The Morgan fingerprint density at radius 2 is 1.70 bits per heavy atom. The second-order valence-corrected chi connectivity index (χ2v) is 7.15. The molecule has 1 aromatic heterocycles. The molecule has 4 heteroatoms. The fraction of sp³-hybridized carbons (Fsp3) is 0.688. The first-order chi connectivity index (χ1) is 9.30. The Balaban J connectivity index is 1.90. The van der Waals surface area contributed by atoms with Crippen LogP contribution in [0.3, 0.4) is 0 Å². The molecule has 0 amide bonds. The fourth-order valence-corrected chi connectivity index (χ4v) is 2.68. The molecular weight excluding hydrogens is 249 g/mol. The molecule has 2 fully saturated rings. The summed E-state index contributed by atoms with van der Waals surface area (Å²) in [5.41, 5.74) is 2.68. The molecule has 0 radical (unpaired) electrons. The average molecular weight is 273 g/mol. The number of hydrogen-bond acceptors (Lipinski definition) is 3. The molecule has 1 saturated carbocycles. The molecule has 0 unspecified atom stereocenters. The van der Waals surface area contributed by atoms with Gasteiger partial charge < -0.3 is 9.31 Å². The van der Waals surface area contributed by atoms with E-state index in [2.05, 4.69) is 46.8 Å². The molecule has 0 bridgehead atoms. The Bertz CT molecular complexity index is 507. The SMILES string of the molecule is Cc1ccc(C2CCC2)nc1B1OC(C)(C)C(C)(C)O1. The van der Waals surface area contributed by atoms with Crippen LogP contribution in [0.15, 0.2) is 12.1 Å². The maximum absolute atomic E-state index is 6.13. The zero-order valence-electron chi connectivity index (χ0n) is 13.2. The van der Waals surface area contributed by atoms with Crippen LogP contribution in [0.1, 0.15) is 64.1 Å². The van der Waals surface area contributed by atoms with Crippen LogP contribution in [0, 0.1) is 6.92 Å². The molecule has 1 aliphatic carbocycles. The van der Waals surface area contributed by atoms with Crippen molar-refractivity contribution < 1.29 is 9.31 Å². The molecule has 20 heavy (non-hydrogen) atoms. The Hall–Kier alpha value is -0.865. The second kappa shape index (κ2) is 4.57. The van der Waals surface area contributed by atoms with Gasteiger partial charge in [-0.05, 0) is 59.1 Å². The number of hydrogen-bond donors (Lipinski definition) is 0. The summed E-state index contributed by atoms with van der Waals surface area (Å²) in [5.74, 6) is 0.636. The van der Waals surface area contributed by atoms with Crippen molar-refractivity contribution >= 4 is 12.7 Å². The quantitative estimate of drug-likeness (QED) is 0.776. The van der Waals surface area contributed by atoms with Crippen LogP contribution in [0.4, 0.5) is 0 Å². The van der Waals surface area contributed by atoms with Gasteiger partial charge in [-0.15, -0.1) is 0 Å². The van der Waals surface area contributed by atoms with E-state index < -0.39 is 0 Å². The number of aromatic nitrogens is 1. The molecule has 1 aliphatic heterocycles. The van der Waals surface area contributed by atoms with Crippen molar-refractivity contribution in [2.24, 2.45) is 0 Å². The van der Waals surface area contributed by atoms with Crippen molar-refractivity contribution in [3.63, 3.8) is 0 Å². The first-order valence-corrected chi connectivity index (χ1v) is 7.63. The minimum absolute atomic E-state index is 0.307. The smallest absolute Gasteiger partial charge is 0.398 e. The molecule has 2 heterocycles. The Morgan fingerprint density at radius 1 is 1.10 bits per heavy atom. The third-order valence-electron chi connectivity index (χ3n) is 5.16. The lowest BCUT2D eigenvalue weighted by atomic mass is 9.78. The minimum atomic E-state index is -0.347. The molecule has 0 spiro atoms. The Kier molecular flexibility index (Phi) is 3.22. The summed E-state index contributed by atoms with van der Waals surface area (Å²) < 4.78 is 12.3. The second-order valence-electron chi connectivity index (χ2n) is 7.15. The number of pyridine rings is 1. The van der Waals surface area contributed by atoms with E-state index >= 15 is 0 Å². The van der Waals surface area contributed by atoms with Gasteiger partial charge in [-0.25, -0.2) is 0 Å². The van der Waals surface area contributed by atoms with E-state index in [9.17, 15) is 0 Å². The van der Waals surface area contributed by atoms with E-state index in [4.69, 9.17) is 14.3 Å². The van der Waals surface area contributed by atoms with Crippen LogP contribution in [0.2, 0.25) is 0 Å². The van der Waals surface area contributed by atoms with E-state index in [1.807, 2.05) is 0 Å². The molecule has 1 aromatic rings. The fourth-order valence-electron chi connectivity index (χ4n) is 2.68. The summed E-state index contributed by atoms with van der Waals surface area (Å²) >= 11 is 0. The summed E-state index contributed by atoms with van der Waals surface area (Å²) in [5, 5.41) is 0. The van der Waals surface area contributed by atoms with Gasteiger partial charge >= 0.3 is 7.12 Å². The van der Waals surface area contributed by atoms with Gasteiger partial charge in [-0.3, -0.25) is 4.98 Å². The Labute approximate surface area is 122 Å². The lowest BCUT2D eigenvalue weighted by molar-refractivity contribution is 0.00578. The van der Waals surface area contributed by atoms with E-state index in [-0.39, 0.29) is 18.3 Å². The van der Waals surface area contributed by atoms with Gasteiger partial charge in [0.25, 0.3) is 0 Å². The van der Waals surface area contributed by atoms with Crippen molar-refractivity contribution in [2.75, 3.05) is 0 Å². The molecule has 2 aliphatic rings. The van der Waals surface area contributed by atoms with Crippen molar-refractivity contribution in [3.05, 3.63) is 23.4 Å². The summed E-state index contributed by atoms with van der Waals surface area (Å²) in [6, 6.07) is 4.31. The summed E-state index contributed by atoms with van der Waals surface area (Å²) in [6.07, 6.45) is 3.85. The highest BCUT2D eigenvalue weighted by Crippen LogP contribution is 2.37. The van der Waals surface area contributed by atoms with E-state index in [0.717, 1.165) is 11.2 Å². The first-order valence-electron chi connectivity index (χ1n) is 7.63. The van der Waals surface area contributed by atoms with Crippen LogP contribution in [-0.4, -0.2) is 23.3 Å². The van der Waals surface area contributed by atoms with Gasteiger partial charge in [0.1, 0.15) is 0 Å². The number of aryl methyl sites for hydroxylation is 1. The predicted octanol–water partition coefficient (Wildman–Crippen LogP) is 2.96.